The number of aromatic nitrogens is 4. The Morgan fingerprint density at radius 2 is 2.20 bits per heavy atom. The number of fused-ring (bicyclic) bond motifs is 1. The molecule has 0 aliphatic rings. The van der Waals surface area contributed by atoms with E-state index in [2.05, 4.69) is 10.1 Å². The summed E-state index contributed by atoms with van der Waals surface area (Å²) >= 11 is 0. The van der Waals surface area contributed by atoms with E-state index in [1.54, 1.807) is 30.7 Å². The highest BCUT2D eigenvalue weighted by Gasteiger charge is 2.07. The van der Waals surface area contributed by atoms with Crippen LogP contribution in [0.3, 0.4) is 0 Å². The predicted octanol–water partition coefficient (Wildman–Crippen LogP) is 2.02. The molecule has 0 saturated heterocycles. The van der Waals surface area contributed by atoms with Crippen molar-refractivity contribution in [1.29, 1.82) is 0 Å². The summed E-state index contributed by atoms with van der Waals surface area (Å²) in [5, 5.41) is 13.2. The molecule has 2 aromatic heterocycles. The Bertz CT molecular complexity index is 731. The lowest BCUT2D eigenvalue weighted by Crippen LogP contribution is -2.04. The summed E-state index contributed by atoms with van der Waals surface area (Å²) in [6, 6.07) is 6.87. The normalized spacial score (nSPS) is 11.0. The molecule has 0 atom stereocenters. The summed E-state index contributed by atoms with van der Waals surface area (Å²) in [4.78, 5) is 15.3. The molecule has 20 heavy (non-hydrogen) atoms. The number of imidazole rings is 1. The Balaban J connectivity index is 1.77. The second-order valence-electron chi connectivity index (χ2n) is 4.57. The highest BCUT2D eigenvalue weighted by Crippen LogP contribution is 2.15. The van der Waals surface area contributed by atoms with E-state index in [0.29, 0.717) is 0 Å². The lowest BCUT2D eigenvalue weighted by molar-refractivity contribution is 0.0697. The van der Waals surface area contributed by atoms with Crippen LogP contribution in [0.1, 0.15) is 16.8 Å². The van der Waals surface area contributed by atoms with Crippen molar-refractivity contribution in [1.82, 2.24) is 19.3 Å². The molecule has 3 rings (SSSR count). The fraction of sp³-hybridized carbons (Fsp3) is 0.214. The molecule has 6 nitrogen and oxygen atoms in total. The SMILES string of the molecule is O=C(O)c1ccc2ncn(CCCn3cccn3)c2c1. The molecule has 102 valence electrons. The van der Waals surface area contributed by atoms with Gasteiger partial charge in [-0.3, -0.25) is 4.68 Å². The number of carbonyl (C=O) groups is 1. The quantitative estimate of drug-likeness (QED) is 0.769. The minimum atomic E-state index is -0.920. The number of aromatic carboxylic acids is 1. The standard InChI is InChI=1S/C14H14N4O2/c19-14(20)11-3-4-12-13(9-11)17(10-15-12)6-2-8-18-7-1-5-16-18/h1,3-5,7,9-10H,2,6,8H2,(H,19,20). The summed E-state index contributed by atoms with van der Waals surface area (Å²) in [6.45, 7) is 1.60. The topological polar surface area (TPSA) is 72.9 Å². The summed E-state index contributed by atoms with van der Waals surface area (Å²) < 4.78 is 3.85. The average molecular weight is 270 g/mol. The van der Waals surface area contributed by atoms with Crippen molar-refractivity contribution < 1.29 is 9.90 Å². The Morgan fingerprint density at radius 1 is 1.30 bits per heavy atom. The molecule has 0 unspecified atom stereocenters. The molecule has 0 fully saturated rings. The first-order valence-electron chi connectivity index (χ1n) is 6.39. The number of nitrogens with zero attached hydrogens (tertiary/aromatic N) is 4. The second-order valence-corrected chi connectivity index (χ2v) is 4.57. The molecular weight excluding hydrogens is 256 g/mol. The minimum Gasteiger partial charge on any atom is -0.478 e. The minimum absolute atomic E-state index is 0.284. The van der Waals surface area contributed by atoms with E-state index in [0.717, 1.165) is 30.5 Å². The lowest BCUT2D eigenvalue weighted by atomic mass is 10.2. The number of carboxylic acid groups (broad SMARTS) is 1. The van der Waals surface area contributed by atoms with Crippen molar-refractivity contribution >= 4 is 17.0 Å². The molecule has 0 aliphatic heterocycles. The number of rotatable bonds is 5. The van der Waals surface area contributed by atoms with E-state index in [1.807, 2.05) is 21.5 Å². The third kappa shape index (κ3) is 2.40. The molecule has 3 aromatic rings. The van der Waals surface area contributed by atoms with Gasteiger partial charge in [0.15, 0.2) is 0 Å². The maximum absolute atomic E-state index is 11.0. The van der Waals surface area contributed by atoms with Gasteiger partial charge in [-0.05, 0) is 30.7 Å². The monoisotopic (exact) mass is 270 g/mol. The van der Waals surface area contributed by atoms with Gasteiger partial charge in [-0.15, -0.1) is 0 Å². The molecule has 1 aromatic carbocycles. The number of aryl methyl sites for hydroxylation is 2. The van der Waals surface area contributed by atoms with Gasteiger partial charge in [-0.1, -0.05) is 0 Å². The summed E-state index contributed by atoms with van der Waals surface area (Å²) in [6.07, 6.45) is 6.34. The molecule has 2 heterocycles. The van der Waals surface area contributed by atoms with E-state index in [9.17, 15) is 4.79 Å². The molecule has 0 amide bonds. The van der Waals surface area contributed by atoms with Gasteiger partial charge in [0.1, 0.15) is 0 Å². The van der Waals surface area contributed by atoms with Crippen LogP contribution in [0, 0.1) is 0 Å². The van der Waals surface area contributed by atoms with Gasteiger partial charge in [-0.25, -0.2) is 9.78 Å². The highest BCUT2D eigenvalue weighted by molar-refractivity contribution is 5.92. The van der Waals surface area contributed by atoms with E-state index in [-0.39, 0.29) is 5.56 Å². The third-order valence-corrected chi connectivity index (χ3v) is 3.21. The molecule has 0 bridgehead atoms. The van der Waals surface area contributed by atoms with Crippen LogP contribution in [0.2, 0.25) is 0 Å². The van der Waals surface area contributed by atoms with Crippen molar-refractivity contribution in [2.45, 2.75) is 19.5 Å². The van der Waals surface area contributed by atoms with Gasteiger partial charge in [0.05, 0.1) is 22.9 Å². The van der Waals surface area contributed by atoms with E-state index >= 15 is 0 Å². The molecular formula is C14H14N4O2. The molecule has 1 N–H and O–H groups in total. The maximum atomic E-state index is 11.0. The Labute approximate surface area is 115 Å². The smallest absolute Gasteiger partial charge is 0.335 e. The van der Waals surface area contributed by atoms with E-state index in [1.165, 1.54) is 0 Å². The zero-order valence-electron chi connectivity index (χ0n) is 10.8. The average Bonchev–Trinajstić information content (AvgIpc) is 3.08. The van der Waals surface area contributed by atoms with Crippen LogP contribution in [0.5, 0.6) is 0 Å². The predicted molar refractivity (Wildman–Crippen MR) is 73.5 cm³/mol. The van der Waals surface area contributed by atoms with Crippen LogP contribution in [-0.2, 0) is 13.1 Å². The van der Waals surface area contributed by atoms with Gasteiger partial charge in [0, 0.05) is 25.5 Å². The van der Waals surface area contributed by atoms with Crippen LogP contribution in [0.4, 0.5) is 0 Å². The van der Waals surface area contributed by atoms with Gasteiger partial charge < -0.3 is 9.67 Å². The molecule has 0 spiro atoms. The van der Waals surface area contributed by atoms with Crippen LogP contribution < -0.4 is 0 Å². The fourth-order valence-corrected chi connectivity index (χ4v) is 2.20. The van der Waals surface area contributed by atoms with Crippen LogP contribution in [0.15, 0.2) is 43.0 Å². The zero-order valence-corrected chi connectivity index (χ0v) is 10.8. The number of carboxylic acids is 1. The largest absolute Gasteiger partial charge is 0.478 e. The number of hydrogen-bond acceptors (Lipinski definition) is 3. The van der Waals surface area contributed by atoms with Crippen LogP contribution in [-0.4, -0.2) is 30.4 Å². The first-order chi connectivity index (χ1) is 9.74. The number of hydrogen-bond donors (Lipinski definition) is 1. The Morgan fingerprint density at radius 3 is 2.95 bits per heavy atom. The summed E-state index contributed by atoms with van der Waals surface area (Å²) in [7, 11) is 0. The van der Waals surface area contributed by atoms with Gasteiger partial charge in [0.2, 0.25) is 0 Å². The van der Waals surface area contributed by atoms with Gasteiger partial charge >= 0.3 is 5.97 Å². The Kier molecular flexibility index (Phi) is 3.20. The summed E-state index contributed by atoms with van der Waals surface area (Å²) in [5.41, 5.74) is 1.95. The van der Waals surface area contributed by atoms with Crippen molar-refractivity contribution in [3.05, 3.63) is 48.5 Å². The molecule has 0 aliphatic carbocycles. The second kappa shape index (κ2) is 5.16. The van der Waals surface area contributed by atoms with E-state index in [4.69, 9.17) is 5.11 Å². The first kappa shape index (κ1) is 12.4. The van der Waals surface area contributed by atoms with Crippen LogP contribution >= 0.6 is 0 Å². The van der Waals surface area contributed by atoms with Gasteiger partial charge in [0.25, 0.3) is 0 Å². The summed E-state index contributed by atoms with van der Waals surface area (Å²) in [5.74, 6) is -0.920. The van der Waals surface area contributed by atoms with Crippen molar-refractivity contribution in [3.63, 3.8) is 0 Å². The zero-order chi connectivity index (χ0) is 13.9. The fourth-order valence-electron chi connectivity index (χ4n) is 2.20. The first-order valence-corrected chi connectivity index (χ1v) is 6.39. The third-order valence-electron chi connectivity index (χ3n) is 3.21. The number of benzene rings is 1. The molecule has 0 radical (unpaired) electrons. The molecule has 6 heteroatoms. The lowest BCUT2D eigenvalue weighted by Gasteiger charge is -2.05. The van der Waals surface area contributed by atoms with Crippen molar-refractivity contribution in [3.8, 4) is 0 Å². The van der Waals surface area contributed by atoms with Gasteiger partial charge in [-0.2, -0.15) is 5.10 Å². The van der Waals surface area contributed by atoms with Crippen molar-refractivity contribution in [2.75, 3.05) is 0 Å². The molecule has 0 saturated carbocycles. The van der Waals surface area contributed by atoms with E-state index < -0.39 is 5.97 Å². The Hall–Kier alpha value is -2.63. The highest BCUT2D eigenvalue weighted by atomic mass is 16.4. The van der Waals surface area contributed by atoms with Crippen molar-refractivity contribution in [2.24, 2.45) is 0 Å². The van der Waals surface area contributed by atoms with Crippen LogP contribution in [0.25, 0.3) is 11.0 Å². The maximum Gasteiger partial charge on any atom is 0.335 e.